The van der Waals surface area contributed by atoms with Crippen LogP contribution in [0.15, 0.2) is 60.9 Å². The Morgan fingerprint density at radius 3 is 2.45 bits per heavy atom. The van der Waals surface area contributed by atoms with Crippen LogP contribution in [0.5, 0.6) is 0 Å². The highest BCUT2D eigenvalue weighted by Gasteiger charge is 2.22. The number of aryl methyl sites for hydroxylation is 1. The van der Waals surface area contributed by atoms with Gasteiger partial charge in [0, 0.05) is 29.3 Å². The lowest BCUT2D eigenvalue weighted by Gasteiger charge is -2.13. The summed E-state index contributed by atoms with van der Waals surface area (Å²) in [5.41, 5.74) is 1.01. The molecule has 3 rings (SSSR count). The summed E-state index contributed by atoms with van der Waals surface area (Å²) in [6, 6.07) is 12.3. The van der Waals surface area contributed by atoms with E-state index in [0.29, 0.717) is 16.9 Å². The number of nitrogens with one attached hydrogen (secondary N) is 2. The predicted octanol–water partition coefficient (Wildman–Crippen LogP) is 3.55. The van der Waals surface area contributed by atoms with Gasteiger partial charge in [-0.25, -0.2) is 0 Å². The lowest BCUT2D eigenvalue weighted by atomic mass is 10.1. The van der Waals surface area contributed by atoms with Crippen molar-refractivity contribution in [1.82, 2.24) is 9.78 Å². The zero-order valence-corrected chi connectivity index (χ0v) is 15.8. The zero-order valence-electron chi connectivity index (χ0n) is 15.8. The summed E-state index contributed by atoms with van der Waals surface area (Å²) in [7, 11) is 0. The smallest absolute Gasteiger partial charge is 0.285 e. The average Bonchev–Trinajstić information content (AvgIpc) is 3.21. The molecule has 0 aliphatic heterocycles. The highest BCUT2D eigenvalue weighted by Crippen LogP contribution is 2.25. The molecule has 2 amide bonds. The maximum atomic E-state index is 12.6. The van der Waals surface area contributed by atoms with E-state index in [1.165, 1.54) is 10.7 Å². The summed E-state index contributed by atoms with van der Waals surface area (Å²) in [4.78, 5) is 35.7. The van der Waals surface area contributed by atoms with Gasteiger partial charge in [0.25, 0.3) is 11.6 Å². The molecular formula is C20H19N5O4. The Morgan fingerprint density at radius 1 is 1.10 bits per heavy atom. The van der Waals surface area contributed by atoms with Crippen LogP contribution < -0.4 is 10.6 Å². The van der Waals surface area contributed by atoms with Gasteiger partial charge in [0.1, 0.15) is 11.6 Å². The number of carbonyl (C=O) groups is 2. The molecule has 1 heterocycles. The largest absolute Gasteiger partial charge is 0.324 e. The monoisotopic (exact) mass is 393 g/mol. The van der Waals surface area contributed by atoms with Crippen LogP contribution >= 0.6 is 0 Å². The second-order valence-corrected chi connectivity index (χ2v) is 6.41. The number of rotatable bonds is 6. The molecule has 0 spiro atoms. The van der Waals surface area contributed by atoms with E-state index in [-0.39, 0.29) is 17.2 Å². The molecule has 9 nitrogen and oxygen atoms in total. The van der Waals surface area contributed by atoms with Gasteiger partial charge in [-0.3, -0.25) is 24.4 Å². The average molecular weight is 393 g/mol. The maximum Gasteiger partial charge on any atom is 0.285 e. The van der Waals surface area contributed by atoms with E-state index in [9.17, 15) is 19.7 Å². The van der Waals surface area contributed by atoms with Crippen molar-refractivity contribution in [2.75, 3.05) is 10.6 Å². The van der Waals surface area contributed by atoms with Crippen molar-refractivity contribution < 1.29 is 14.5 Å². The minimum absolute atomic E-state index is 0.0308. The van der Waals surface area contributed by atoms with Crippen molar-refractivity contribution in [3.05, 3.63) is 82.2 Å². The SMILES string of the molecule is Cc1cccc(C(=O)Nc2cccc(NC(=O)C(C)n3cccn3)c2)c1[N+](=O)[O-]. The van der Waals surface area contributed by atoms with Gasteiger partial charge < -0.3 is 10.6 Å². The topological polar surface area (TPSA) is 119 Å². The number of carbonyl (C=O) groups excluding carboxylic acids is 2. The van der Waals surface area contributed by atoms with Gasteiger partial charge in [-0.15, -0.1) is 0 Å². The molecule has 2 N–H and O–H groups in total. The molecule has 1 unspecified atom stereocenters. The third kappa shape index (κ3) is 4.46. The number of aromatic nitrogens is 2. The van der Waals surface area contributed by atoms with Gasteiger partial charge in [-0.1, -0.05) is 18.2 Å². The van der Waals surface area contributed by atoms with Crippen LogP contribution in [-0.4, -0.2) is 26.5 Å². The van der Waals surface area contributed by atoms with Gasteiger partial charge in [0.2, 0.25) is 5.91 Å². The van der Waals surface area contributed by atoms with E-state index in [2.05, 4.69) is 15.7 Å². The molecule has 0 fully saturated rings. The summed E-state index contributed by atoms with van der Waals surface area (Å²) in [5, 5.41) is 20.8. The summed E-state index contributed by atoms with van der Waals surface area (Å²) >= 11 is 0. The molecule has 0 radical (unpaired) electrons. The minimum atomic E-state index is -0.603. The van der Waals surface area contributed by atoms with Crippen LogP contribution in [0.4, 0.5) is 17.1 Å². The molecular weight excluding hydrogens is 374 g/mol. The van der Waals surface area contributed by atoms with Crippen molar-refractivity contribution in [3.8, 4) is 0 Å². The van der Waals surface area contributed by atoms with Crippen molar-refractivity contribution in [2.45, 2.75) is 19.9 Å². The molecule has 0 saturated heterocycles. The van der Waals surface area contributed by atoms with E-state index in [1.807, 2.05) is 0 Å². The fraction of sp³-hybridized carbons (Fsp3) is 0.150. The molecule has 0 saturated carbocycles. The third-order valence-corrected chi connectivity index (χ3v) is 4.35. The number of nitro groups is 1. The van der Waals surface area contributed by atoms with Crippen LogP contribution in [0.3, 0.4) is 0 Å². The Morgan fingerprint density at radius 2 is 1.79 bits per heavy atom. The maximum absolute atomic E-state index is 12.6. The molecule has 2 aromatic carbocycles. The minimum Gasteiger partial charge on any atom is -0.324 e. The van der Waals surface area contributed by atoms with E-state index in [0.717, 1.165) is 0 Å². The molecule has 1 aromatic heterocycles. The molecule has 0 bridgehead atoms. The van der Waals surface area contributed by atoms with Crippen LogP contribution in [0.1, 0.15) is 28.9 Å². The fourth-order valence-corrected chi connectivity index (χ4v) is 2.83. The van der Waals surface area contributed by atoms with E-state index < -0.39 is 16.9 Å². The molecule has 0 aliphatic carbocycles. The van der Waals surface area contributed by atoms with Crippen LogP contribution in [-0.2, 0) is 4.79 Å². The number of nitrogens with zero attached hydrogens (tertiary/aromatic N) is 3. The molecule has 148 valence electrons. The first-order chi connectivity index (χ1) is 13.9. The van der Waals surface area contributed by atoms with Gasteiger partial charge in [-0.05, 0) is 44.2 Å². The standard InChI is InChI=1S/C20H19N5O4/c1-13-6-3-9-17(18(13)25(28)29)20(27)23-16-8-4-7-15(12-16)22-19(26)14(2)24-11-5-10-21-24/h3-12,14H,1-2H3,(H,22,26)(H,23,27). The predicted molar refractivity (Wildman–Crippen MR) is 108 cm³/mol. The molecule has 29 heavy (non-hydrogen) atoms. The number of hydrogen-bond donors (Lipinski definition) is 2. The van der Waals surface area contributed by atoms with Crippen LogP contribution in [0.25, 0.3) is 0 Å². The number of para-hydroxylation sites is 1. The Kier molecular flexibility index (Phi) is 5.68. The Balaban J connectivity index is 1.75. The summed E-state index contributed by atoms with van der Waals surface area (Å²) < 4.78 is 1.53. The Bertz CT molecular complexity index is 1060. The molecule has 3 aromatic rings. The van der Waals surface area contributed by atoms with E-state index in [4.69, 9.17) is 0 Å². The van der Waals surface area contributed by atoms with E-state index in [1.54, 1.807) is 68.7 Å². The highest BCUT2D eigenvalue weighted by atomic mass is 16.6. The lowest BCUT2D eigenvalue weighted by molar-refractivity contribution is -0.385. The first-order valence-electron chi connectivity index (χ1n) is 8.82. The number of benzene rings is 2. The lowest BCUT2D eigenvalue weighted by Crippen LogP contribution is -2.24. The van der Waals surface area contributed by atoms with Gasteiger partial charge in [-0.2, -0.15) is 5.10 Å². The van der Waals surface area contributed by atoms with Crippen LogP contribution in [0.2, 0.25) is 0 Å². The van der Waals surface area contributed by atoms with E-state index >= 15 is 0 Å². The van der Waals surface area contributed by atoms with Crippen molar-refractivity contribution in [2.24, 2.45) is 0 Å². The number of amides is 2. The second kappa shape index (κ2) is 8.34. The number of hydrogen-bond acceptors (Lipinski definition) is 5. The van der Waals surface area contributed by atoms with Crippen molar-refractivity contribution in [3.63, 3.8) is 0 Å². The summed E-state index contributed by atoms with van der Waals surface area (Å²) in [5.74, 6) is -0.875. The van der Waals surface area contributed by atoms with Crippen molar-refractivity contribution in [1.29, 1.82) is 0 Å². The third-order valence-electron chi connectivity index (χ3n) is 4.35. The fourth-order valence-electron chi connectivity index (χ4n) is 2.83. The molecule has 1 atom stereocenters. The van der Waals surface area contributed by atoms with Gasteiger partial charge in [0.15, 0.2) is 0 Å². The summed E-state index contributed by atoms with van der Waals surface area (Å²) in [6.07, 6.45) is 3.28. The quantitative estimate of drug-likeness (QED) is 0.490. The highest BCUT2D eigenvalue weighted by molar-refractivity contribution is 6.07. The summed E-state index contributed by atoms with van der Waals surface area (Å²) in [6.45, 7) is 3.29. The Hall–Kier alpha value is -4.01. The van der Waals surface area contributed by atoms with Crippen molar-refractivity contribution >= 4 is 28.9 Å². The van der Waals surface area contributed by atoms with Gasteiger partial charge >= 0.3 is 0 Å². The van der Waals surface area contributed by atoms with Crippen LogP contribution in [0, 0.1) is 17.0 Å². The normalized spacial score (nSPS) is 11.5. The first kappa shape index (κ1) is 19.7. The molecule has 0 aliphatic rings. The Labute approximate surface area is 166 Å². The number of anilines is 2. The number of nitro benzene ring substituents is 1. The van der Waals surface area contributed by atoms with Gasteiger partial charge in [0.05, 0.1) is 4.92 Å². The first-order valence-corrected chi connectivity index (χ1v) is 8.82. The molecule has 9 heteroatoms. The zero-order chi connectivity index (χ0) is 21.0. The second-order valence-electron chi connectivity index (χ2n) is 6.41.